The molecule has 3 amide bonds. The van der Waals surface area contributed by atoms with Gasteiger partial charge in [0.05, 0.1) is 5.52 Å². The van der Waals surface area contributed by atoms with Gasteiger partial charge in [-0.25, -0.2) is 5.48 Å². The van der Waals surface area contributed by atoms with Gasteiger partial charge in [0.15, 0.2) is 0 Å². The minimum atomic E-state index is -0.803. The largest absolute Gasteiger partial charge is 0.357 e. The fraction of sp³-hybridized carbons (Fsp3) is 0.429. The van der Waals surface area contributed by atoms with Gasteiger partial charge in [-0.05, 0) is 30.0 Å². The molecule has 0 spiro atoms. The molecule has 1 aromatic carbocycles. The van der Waals surface area contributed by atoms with Crippen LogP contribution in [0, 0.1) is 11.8 Å². The minimum Gasteiger partial charge on any atom is -0.357 e. The molecule has 8 heteroatoms. The Balaban J connectivity index is 2.18. The summed E-state index contributed by atoms with van der Waals surface area (Å²) in [6, 6.07) is 8.79. The normalized spacial score (nSPS) is 13.0. The lowest BCUT2D eigenvalue weighted by atomic mass is 9.92. The second-order valence-corrected chi connectivity index (χ2v) is 7.48. The number of para-hydroxylation sites is 1. The van der Waals surface area contributed by atoms with Crippen molar-refractivity contribution in [2.45, 2.75) is 39.2 Å². The van der Waals surface area contributed by atoms with E-state index < -0.39 is 23.8 Å². The number of hydrogen-bond acceptors (Lipinski definition) is 5. The van der Waals surface area contributed by atoms with Gasteiger partial charge < -0.3 is 10.6 Å². The summed E-state index contributed by atoms with van der Waals surface area (Å²) in [4.78, 5) is 41.1. The number of nitrogens with one attached hydrogen (secondary N) is 3. The third kappa shape index (κ3) is 6.53. The van der Waals surface area contributed by atoms with Crippen molar-refractivity contribution in [2.24, 2.45) is 11.8 Å². The van der Waals surface area contributed by atoms with Crippen LogP contribution in [0.5, 0.6) is 0 Å². The van der Waals surface area contributed by atoms with Crippen LogP contribution >= 0.6 is 0 Å². The molecule has 2 rings (SSSR count). The summed E-state index contributed by atoms with van der Waals surface area (Å²) in [5.41, 5.74) is 3.22. The highest BCUT2D eigenvalue weighted by atomic mass is 16.5. The van der Waals surface area contributed by atoms with Crippen LogP contribution < -0.4 is 16.1 Å². The first-order chi connectivity index (χ1) is 13.8. The van der Waals surface area contributed by atoms with E-state index in [1.165, 1.54) is 7.05 Å². The first kappa shape index (κ1) is 22.3. The van der Waals surface area contributed by atoms with Gasteiger partial charge in [-0.3, -0.25) is 24.6 Å². The molecule has 29 heavy (non-hydrogen) atoms. The van der Waals surface area contributed by atoms with Crippen molar-refractivity contribution >= 4 is 28.6 Å². The van der Waals surface area contributed by atoms with Gasteiger partial charge in [0.1, 0.15) is 6.04 Å². The van der Waals surface area contributed by atoms with Crippen LogP contribution in [0.15, 0.2) is 36.5 Å². The standard InChI is InChI=1S/C21H28N4O4/c1-13(2)8-16(11-19(26)25-29)20(27)24-18(21(28)22-3)10-14-9-15-6-4-5-7-17(15)23-12-14/h4-7,9,12-13,16,18,29H,8,10-11H2,1-3H3,(H,22,28)(H,24,27)(H,25,26)/t16-,18+/m1/s1. The van der Waals surface area contributed by atoms with E-state index in [0.717, 1.165) is 16.5 Å². The van der Waals surface area contributed by atoms with Crippen LogP contribution in [0.3, 0.4) is 0 Å². The summed E-state index contributed by atoms with van der Waals surface area (Å²) >= 11 is 0. The average Bonchev–Trinajstić information content (AvgIpc) is 2.71. The van der Waals surface area contributed by atoms with E-state index in [4.69, 9.17) is 5.21 Å². The molecule has 0 saturated heterocycles. The van der Waals surface area contributed by atoms with Crippen molar-refractivity contribution in [2.75, 3.05) is 7.05 Å². The predicted octanol–water partition coefficient (Wildman–Crippen LogP) is 1.57. The first-order valence-electron chi connectivity index (χ1n) is 9.62. The molecule has 0 unspecified atom stereocenters. The maximum absolute atomic E-state index is 12.8. The van der Waals surface area contributed by atoms with Gasteiger partial charge in [-0.15, -0.1) is 0 Å². The molecule has 8 nitrogen and oxygen atoms in total. The van der Waals surface area contributed by atoms with Gasteiger partial charge in [0.2, 0.25) is 17.7 Å². The Bertz CT molecular complexity index is 869. The van der Waals surface area contributed by atoms with Crippen LogP contribution in [-0.4, -0.2) is 41.0 Å². The first-order valence-corrected chi connectivity index (χ1v) is 9.62. The molecule has 1 heterocycles. The van der Waals surface area contributed by atoms with E-state index in [0.29, 0.717) is 6.42 Å². The Morgan fingerprint density at radius 1 is 1.14 bits per heavy atom. The number of fused-ring (bicyclic) bond motifs is 1. The number of hydroxylamine groups is 1. The minimum absolute atomic E-state index is 0.154. The van der Waals surface area contributed by atoms with Gasteiger partial charge in [-0.1, -0.05) is 32.0 Å². The van der Waals surface area contributed by atoms with Crippen LogP contribution in [0.4, 0.5) is 0 Å². The molecule has 2 atom stereocenters. The van der Waals surface area contributed by atoms with E-state index in [1.54, 1.807) is 11.7 Å². The highest BCUT2D eigenvalue weighted by molar-refractivity contribution is 5.90. The van der Waals surface area contributed by atoms with Crippen molar-refractivity contribution in [1.82, 2.24) is 21.1 Å². The SMILES string of the molecule is CNC(=O)[C@H](Cc1cnc2ccccc2c1)NC(=O)[C@@H](CC(=O)NO)CC(C)C. The summed E-state index contributed by atoms with van der Waals surface area (Å²) in [6.07, 6.45) is 2.26. The number of likely N-dealkylation sites (N-methyl/N-ethyl adjacent to an activating group) is 1. The molecule has 1 aromatic heterocycles. The number of hydrogen-bond donors (Lipinski definition) is 4. The summed E-state index contributed by atoms with van der Waals surface area (Å²) in [5, 5.41) is 15.1. The predicted molar refractivity (Wildman–Crippen MR) is 109 cm³/mol. The molecule has 0 radical (unpaired) electrons. The Labute approximate surface area is 170 Å². The summed E-state index contributed by atoms with van der Waals surface area (Å²) < 4.78 is 0. The third-order valence-electron chi connectivity index (χ3n) is 4.65. The second kappa shape index (κ2) is 10.5. The number of benzene rings is 1. The van der Waals surface area contributed by atoms with E-state index in [1.807, 2.05) is 44.2 Å². The van der Waals surface area contributed by atoms with Crippen molar-refractivity contribution in [3.63, 3.8) is 0 Å². The maximum Gasteiger partial charge on any atom is 0.244 e. The lowest BCUT2D eigenvalue weighted by Crippen LogP contribution is -2.49. The smallest absolute Gasteiger partial charge is 0.244 e. The lowest BCUT2D eigenvalue weighted by Gasteiger charge is -2.22. The number of nitrogens with zero attached hydrogens (tertiary/aromatic N) is 1. The summed E-state index contributed by atoms with van der Waals surface area (Å²) in [7, 11) is 1.50. The van der Waals surface area contributed by atoms with Crippen LogP contribution in [0.2, 0.25) is 0 Å². The Morgan fingerprint density at radius 2 is 1.86 bits per heavy atom. The Hall–Kier alpha value is -3.00. The molecule has 0 aliphatic heterocycles. The average molecular weight is 400 g/mol. The van der Waals surface area contributed by atoms with E-state index in [-0.39, 0.29) is 24.7 Å². The molecule has 0 aliphatic rings. The quantitative estimate of drug-likeness (QED) is 0.376. The molecular formula is C21H28N4O4. The van der Waals surface area contributed by atoms with E-state index in [2.05, 4.69) is 15.6 Å². The molecule has 0 fully saturated rings. The third-order valence-corrected chi connectivity index (χ3v) is 4.65. The zero-order valence-electron chi connectivity index (χ0n) is 16.9. The van der Waals surface area contributed by atoms with Gasteiger partial charge >= 0.3 is 0 Å². The van der Waals surface area contributed by atoms with Crippen LogP contribution in [-0.2, 0) is 20.8 Å². The fourth-order valence-electron chi connectivity index (χ4n) is 3.26. The van der Waals surface area contributed by atoms with Gasteiger partial charge in [0, 0.05) is 37.4 Å². The number of pyridine rings is 1. The fourth-order valence-corrected chi connectivity index (χ4v) is 3.26. The van der Waals surface area contributed by atoms with Crippen LogP contribution in [0.1, 0.15) is 32.3 Å². The second-order valence-electron chi connectivity index (χ2n) is 7.48. The lowest BCUT2D eigenvalue weighted by molar-refractivity contribution is -0.136. The zero-order chi connectivity index (χ0) is 21.4. The highest BCUT2D eigenvalue weighted by Gasteiger charge is 2.27. The van der Waals surface area contributed by atoms with Crippen molar-refractivity contribution in [3.8, 4) is 0 Å². The number of rotatable bonds is 9. The number of amides is 3. The molecular weight excluding hydrogens is 372 g/mol. The zero-order valence-corrected chi connectivity index (χ0v) is 16.9. The molecule has 4 N–H and O–H groups in total. The number of aromatic nitrogens is 1. The van der Waals surface area contributed by atoms with Crippen molar-refractivity contribution in [3.05, 3.63) is 42.1 Å². The van der Waals surface area contributed by atoms with E-state index in [9.17, 15) is 14.4 Å². The Kier molecular flexibility index (Phi) is 8.09. The molecule has 0 aliphatic carbocycles. The highest BCUT2D eigenvalue weighted by Crippen LogP contribution is 2.17. The number of carbonyl (C=O) groups is 3. The summed E-state index contributed by atoms with van der Waals surface area (Å²) in [5.74, 6) is -1.85. The van der Waals surface area contributed by atoms with Crippen LogP contribution in [0.25, 0.3) is 10.9 Å². The Morgan fingerprint density at radius 3 is 2.52 bits per heavy atom. The molecule has 2 aromatic rings. The molecule has 0 bridgehead atoms. The van der Waals surface area contributed by atoms with Crippen molar-refractivity contribution < 1.29 is 19.6 Å². The summed E-state index contributed by atoms with van der Waals surface area (Å²) in [6.45, 7) is 3.88. The molecule has 0 saturated carbocycles. The van der Waals surface area contributed by atoms with Crippen molar-refractivity contribution in [1.29, 1.82) is 0 Å². The molecule has 156 valence electrons. The van der Waals surface area contributed by atoms with E-state index >= 15 is 0 Å². The van der Waals surface area contributed by atoms with Gasteiger partial charge in [-0.2, -0.15) is 0 Å². The number of carbonyl (C=O) groups excluding carboxylic acids is 3. The monoisotopic (exact) mass is 400 g/mol. The maximum atomic E-state index is 12.8. The topological polar surface area (TPSA) is 120 Å². The van der Waals surface area contributed by atoms with Gasteiger partial charge in [0.25, 0.3) is 0 Å².